The topological polar surface area (TPSA) is 63.9 Å². The minimum absolute atomic E-state index is 0.279. The van der Waals surface area contributed by atoms with Crippen LogP contribution in [-0.2, 0) is 4.74 Å². The summed E-state index contributed by atoms with van der Waals surface area (Å²) in [7, 11) is 0. The molecule has 1 aliphatic rings. The predicted molar refractivity (Wildman–Crippen MR) is 98.7 cm³/mol. The molecule has 0 atom stereocenters. The summed E-state index contributed by atoms with van der Waals surface area (Å²) in [5, 5.41) is 8.48. The molecule has 3 aromatic rings. The summed E-state index contributed by atoms with van der Waals surface area (Å²) in [4.78, 5) is 7.28. The van der Waals surface area contributed by atoms with E-state index in [0.717, 1.165) is 39.4 Å². The van der Waals surface area contributed by atoms with Crippen LogP contribution in [0, 0.1) is 0 Å². The molecule has 0 bridgehead atoms. The monoisotopic (exact) mass is 413 g/mol. The van der Waals surface area contributed by atoms with Crippen molar-refractivity contribution in [1.29, 1.82) is 0 Å². The number of imidazole rings is 1. The molecule has 4 rings (SSSR count). The fourth-order valence-electron chi connectivity index (χ4n) is 2.96. The van der Waals surface area contributed by atoms with Crippen LogP contribution >= 0.6 is 11.3 Å². The second-order valence-corrected chi connectivity index (χ2v) is 7.16. The third-order valence-electron chi connectivity index (χ3n) is 4.26. The molecule has 2 aromatic heterocycles. The number of anilines is 1. The van der Waals surface area contributed by atoms with E-state index in [1.807, 2.05) is 0 Å². The lowest BCUT2D eigenvalue weighted by Crippen LogP contribution is -2.39. The van der Waals surface area contributed by atoms with Crippen LogP contribution in [0.5, 0.6) is 5.75 Å². The molecule has 7 nitrogen and oxygen atoms in total. The van der Waals surface area contributed by atoms with E-state index in [9.17, 15) is 13.2 Å². The fraction of sp³-hybridized carbons (Fsp3) is 0.412. The molecule has 3 heterocycles. The van der Waals surface area contributed by atoms with Gasteiger partial charge in [0.1, 0.15) is 5.75 Å². The Hall–Kier alpha value is -2.37. The van der Waals surface area contributed by atoms with E-state index < -0.39 is 6.36 Å². The van der Waals surface area contributed by atoms with Gasteiger partial charge in [-0.2, -0.15) is 0 Å². The molecule has 0 amide bonds. The van der Waals surface area contributed by atoms with Gasteiger partial charge in [0.05, 0.1) is 25.1 Å². The highest BCUT2D eigenvalue weighted by Crippen LogP contribution is 2.30. The van der Waals surface area contributed by atoms with Gasteiger partial charge in [-0.15, -0.1) is 18.3 Å². The number of hydrogen-bond acceptors (Lipinski definition) is 7. The molecular formula is C17H18F3N5O2S. The molecular weight excluding hydrogens is 395 g/mol. The maximum Gasteiger partial charge on any atom is 0.573 e. The molecule has 0 unspecified atom stereocenters. The normalized spacial score (nSPS) is 15.8. The highest BCUT2D eigenvalue weighted by molar-refractivity contribution is 7.20. The first kappa shape index (κ1) is 19.0. The summed E-state index contributed by atoms with van der Waals surface area (Å²) < 4.78 is 48.3. The highest BCUT2D eigenvalue weighted by atomic mass is 32.1. The Morgan fingerprint density at radius 2 is 2.07 bits per heavy atom. The van der Waals surface area contributed by atoms with E-state index in [4.69, 9.17) is 4.74 Å². The SMILES string of the molecule is FC(F)(F)Oc1cccc(-c2cnc3sc(NCCN4CCOCC4)nn23)c1. The molecule has 1 aromatic carbocycles. The van der Waals surface area contributed by atoms with E-state index in [0.29, 0.717) is 21.3 Å². The van der Waals surface area contributed by atoms with Crippen LogP contribution in [0.4, 0.5) is 18.3 Å². The number of hydrogen-bond donors (Lipinski definition) is 1. The third kappa shape index (κ3) is 4.54. The minimum atomic E-state index is -4.73. The first-order chi connectivity index (χ1) is 13.5. The Labute approximate surface area is 162 Å². The third-order valence-corrected chi connectivity index (χ3v) is 5.14. The van der Waals surface area contributed by atoms with Crippen LogP contribution < -0.4 is 10.1 Å². The zero-order valence-electron chi connectivity index (χ0n) is 14.8. The molecule has 1 saturated heterocycles. The fourth-order valence-corrected chi connectivity index (χ4v) is 3.76. The van der Waals surface area contributed by atoms with E-state index in [1.54, 1.807) is 16.8 Å². The Kier molecular flexibility index (Phi) is 5.38. The molecule has 1 aliphatic heterocycles. The minimum Gasteiger partial charge on any atom is -0.406 e. The molecule has 1 N–H and O–H groups in total. The summed E-state index contributed by atoms with van der Waals surface area (Å²) >= 11 is 1.39. The lowest BCUT2D eigenvalue weighted by atomic mass is 10.1. The Morgan fingerprint density at radius 3 is 2.86 bits per heavy atom. The smallest absolute Gasteiger partial charge is 0.406 e. The van der Waals surface area contributed by atoms with Gasteiger partial charge < -0.3 is 14.8 Å². The van der Waals surface area contributed by atoms with Crippen LogP contribution in [0.1, 0.15) is 0 Å². The first-order valence-electron chi connectivity index (χ1n) is 8.73. The average molecular weight is 413 g/mol. The van der Waals surface area contributed by atoms with Gasteiger partial charge in [0.15, 0.2) is 0 Å². The van der Waals surface area contributed by atoms with E-state index in [2.05, 4.69) is 25.0 Å². The standard InChI is InChI=1S/C17H18F3N5O2S/c18-17(19,20)27-13-3-1-2-12(10-13)14-11-22-16-25(14)23-15(28-16)21-4-5-24-6-8-26-9-7-24/h1-3,10-11H,4-9H2,(H,21,23). The average Bonchev–Trinajstić information content (AvgIpc) is 3.21. The molecule has 0 radical (unpaired) electrons. The van der Waals surface area contributed by atoms with Crippen LogP contribution in [0.25, 0.3) is 16.2 Å². The van der Waals surface area contributed by atoms with E-state index >= 15 is 0 Å². The second kappa shape index (κ2) is 7.94. The number of halogens is 3. The number of morpholine rings is 1. The predicted octanol–water partition coefficient (Wildman–Crippen LogP) is 3.10. The number of nitrogens with one attached hydrogen (secondary N) is 1. The van der Waals surface area contributed by atoms with Gasteiger partial charge in [0, 0.05) is 31.7 Å². The quantitative estimate of drug-likeness (QED) is 0.670. The van der Waals surface area contributed by atoms with Gasteiger partial charge >= 0.3 is 6.36 Å². The summed E-state index contributed by atoms with van der Waals surface area (Å²) in [6.07, 6.45) is -3.15. The molecule has 150 valence electrons. The highest BCUT2D eigenvalue weighted by Gasteiger charge is 2.31. The molecule has 11 heteroatoms. The lowest BCUT2D eigenvalue weighted by Gasteiger charge is -2.26. The zero-order chi connectivity index (χ0) is 19.6. The zero-order valence-corrected chi connectivity index (χ0v) is 15.6. The van der Waals surface area contributed by atoms with Crippen molar-refractivity contribution in [1.82, 2.24) is 19.5 Å². The van der Waals surface area contributed by atoms with Crippen molar-refractivity contribution in [2.75, 3.05) is 44.7 Å². The van der Waals surface area contributed by atoms with Crippen LogP contribution in [-0.4, -0.2) is 65.3 Å². The molecule has 0 aliphatic carbocycles. The van der Waals surface area contributed by atoms with Gasteiger partial charge in [0.25, 0.3) is 0 Å². The summed E-state index contributed by atoms with van der Waals surface area (Å²) in [6.45, 7) is 4.97. The Morgan fingerprint density at radius 1 is 1.25 bits per heavy atom. The van der Waals surface area contributed by atoms with Gasteiger partial charge in [-0.05, 0) is 12.1 Å². The summed E-state index contributed by atoms with van der Waals surface area (Å²) in [5.74, 6) is -0.279. The number of fused-ring (bicyclic) bond motifs is 1. The van der Waals surface area contributed by atoms with Gasteiger partial charge in [-0.1, -0.05) is 23.5 Å². The van der Waals surface area contributed by atoms with Crippen molar-refractivity contribution in [2.45, 2.75) is 6.36 Å². The van der Waals surface area contributed by atoms with Crippen molar-refractivity contribution in [3.05, 3.63) is 30.5 Å². The van der Waals surface area contributed by atoms with Crippen molar-refractivity contribution in [3.63, 3.8) is 0 Å². The molecule has 0 saturated carbocycles. The van der Waals surface area contributed by atoms with Crippen molar-refractivity contribution >= 4 is 21.4 Å². The maximum atomic E-state index is 12.5. The molecule has 28 heavy (non-hydrogen) atoms. The number of rotatable bonds is 6. The molecule has 0 spiro atoms. The number of alkyl halides is 3. The van der Waals surface area contributed by atoms with E-state index in [-0.39, 0.29) is 5.75 Å². The molecule has 1 fully saturated rings. The number of aromatic nitrogens is 3. The first-order valence-corrected chi connectivity index (χ1v) is 9.54. The van der Waals surface area contributed by atoms with Crippen LogP contribution in [0.15, 0.2) is 30.5 Å². The lowest BCUT2D eigenvalue weighted by molar-refractivity contribution is -0.274. The largest absolute Gasteiger partial charge is 0.573 e. The maximum absolute atomic E-state index is 12.5. The van der Waals surface area contributed by atoms with Crippen molar-refractivity contribution < 1.29 is 22.6 Å². The number of nitrogens with zero attached hydrogens (tertiary/aromatic N) is 4. The van der Waals surface area contributed by atoms with E-state index in [1.165, 1.54) is 29.5 Å². The van der Waals surface area contributed by atoms with Gasteiger partial charge in [0.2, 0.25) is 10.1 Å². The Bertz CT molecular complexity index is 936. The summed E-state index contributed by atoms with van der Waals surface area (Å²) in [6, 6.07) is 5.78. The van der Waals surface area contributed by atoms with Crippen molar-refractivity contribution in [3.8, 4) is 17.0 Å². The Balaban J connectivity index is 1.46. The number of ether oxygens (including phenoxy) is 2. The second-order valence-electron chi connectivity index (χ2n) is 6.20. The summed E-state index contributed by atoms with van der Waals surface area (Å²) in [5.41, 5.74) is 1.14. The van der Waals surface area contributed by atoms with Gasteiger partial charge in [-0.25, -0.2) is 9.50 Å². The van der Waals surface area contributed by atoms with Gasteiger partial charge in [-0.3, -0.25) is 4.90 Å². The van der Waals surface area contributed by atoms with Crippen molar-refractivity contribution in [2.24, 2.45) is 0 Å². The van der Waals surface area contributed by atoms with Crippen LogP contribution in [0.2, 0.25) is 0 Å². The van der Waals surface area contributed by atoms with Crippen LogP contribution in [0.3, 0.4) is 0 Å². The number of benzene rings is 1.